The van der Waals surface area contributed by atoms with Crippen LogP contribution in [0.1, 0.15) is 40.3 Å². The largest absolute Gasteiger partial charge is 0.469 e. The molecule has 1 unspecified atom stereocenters. The highest BCUT2D eigenvalue weighted by atomic mass is 35.5. The predicted molar refractivity (Wildman–Crippen MR) is 107 cm³/mol. The molecule has 5 nitrogen and oxygen atoms in total. The monoisotopic (exact) mass is 409 g/mol. The molecule has 2 rings (SSSR count). The number of methoxy groups -OCH3 is 1. The zero-order valence-corrected chi connectivity index (χ0v) is 17.7. The van der Waals surface area contributed by atoms with Crippen LogP contribution < -0.4 is 4.72 Å². The Kier molecular flexibility index (Phi) is 6.68. The number of ether oxygens (including phenoxy) is 1. The number of nitrogens with one attached hydrogen (secondary N) is 1. The lowest BCUT2D eigenvalue weighted by atomic mass is 10.0. The third kappa shape index (κ3) is 4.89. The van der Waals surface area contributed by atoms with Gasteiger partial charge in [0.15, 0.2) is 0 Å². The molecule has 27 heavy (non-hydrogen) atoms. The van der Waals surface area contributed by atoms with Crippen LogP contribution in [0.25, 0.3) is 0 Å². The van der Waals surface area contributed by atoms with Gasteiger partial charge < -0.3 is 4.74 Å². The number of carbonyl (C=O) groups is 1. The smallest absolute Gasteiger partial charge is 0.307 e. The normalized spacial score (nSPS) is 12.7. The Morgan fingerprint density at radius 2 is 1.59 bits per heavy atom. The van der Waals surface area contributed by atoms with Crippen LogP contribution in [0.5, 0.6) is 0 Å². The van der Waals surface area contributed by atoms with E-state index in [9.17, 15) is 13.2 Å². The molecule has 0 heterocycles. The average Bonchev–Trinajstić information content (AvgIpc) is 2.59. The van der Waals surface area contributed by atoms with Gasteiger partial charge in [-0.3, -0.25) is 4.79 Å². The first kappa shape index (κ1) is 21.4. The van der Waals surface area contributed by atoms with Crippen LogP contribution in [-0.2, 0) is 19.6 Å². The minimum atomic E-state index is -3.87. The lowest BCUT2D eigenvalue weighted by molar-refractivity contribution is -0.141. The minimum absolute atomic E-state index is 0.125. The molecule has 0 radical (unpaired) electrons. The number of hydrogen-bond donors (Lipinski definition) is 1. The molecule has 0 saturated carbocycles. The zero-order valence-electron chi connectivity index (χ0n) is 16.1. The van der Waals surface area contributed by atoms with Crippen LogP contribution in [-0.4, -0.2) is 21.5 Å². The van der Waals surface area contributed by atoms with Gasteiger partial charge in [0.05, 0.1) is 24.5 Å². The molecular formula is C20H24ClNO4S. The van der Waals surface area contributed by atoms with Crippen LogP contribution >= 0.6 is 11.6 Å². The van der Waals surface area contributed by atoms with Gasteiger partial charge >= 0.3 is 5.97 Å². The molecule has 2 aromatic carbocycles. The quantitative estimate of drug-likeness (QED) is 0.727. The summed E-state index contributed by atoms with van der Waals surface area (Å²) in [5.41, 5.74) is 3.81. The van der Waals surface area contributed by atoms with E-state index in [1.165, 1.54) is 7.11 Å². The number of halogens is 1. The molecule has 7 heteroatoms. The maximum Gasteiger partial charge on any atom is 0.307 e. The van der Waals surface area contributed by atoms with E-state index in [1.54, 1.807) is 38.1 Å². The molecule has 0 aliphatic carbocycles. The van der Waals surface area contributed by atoms with E-state index < -0.39 is 22.0 Å². The third-order valence-corrected chi connectivity index (χ3v) is 6.73. The van der Waals surface area contributed by atoms with Crippen LogP contribution in [0.3, 0.4) is 0 Å². The van der Waals surface area contributed by atoms with Gasteiger partial charge in [-0.2, -0.15) is 0 Å². The van der Waals surface area contributed by atoms with Crippen molar-refractivity contribution < 1.29 is 17.9 Å². The Labute approximate surface area is 165 Å². The summed E-state index contributed by atoms with van der Waals surface area (Å²) in [6, 6.07) is 7.90. The van der Waals surface area contributed by atoms with E-state index >= 15 is 0 Å². The van der Waals surface area contributed by atoms with E-state index in [1.807, 2.05) is 19.9 Å². The average molecular weight is 410 g/mol. The predicted octanol–water partition coefficient (Wildman–Crippen LogP) is 4.16. The second-order valence-corrected chi connectivity index (χ2v) is 8.68. The molecule has 1 N–H and O–H groups in total. The lowest BCUT2D eigenvalue weighted by Crippen LogP contribution is -2.31. The van der Waals surface area contributed by atoms with Crippen molar-refractivity contribution in [2.24, 2.45) is 0 Å². The summed E-state index contributed by atoms with van der Waals surface area (Å²) in [5, 5.41) is 0.527. The van der Waals surface area contributed by atoms with Gasteiger partial charge in [-0.15, -0.1) is 0 Å². The molecule has 1 atom stereocenters. The first-order chi connectivity index (χ1) is 12.6. The van der Waals surface area contributed by atoms with Gasteiger partial charge in [-0.05, 0) is 67.6 Å². The highest BCUT2D eigenvalue weighted by molar-refractivity contribution is 7.89. The highest BCUT2D eigenvalue weighted by Gasteiger charge is 2.27. The third-order valence-electron chi connectivity index (χ3n) is 4.73. The van der Waals surface area contributed by atoms with Gasteiger partial charge in [-0.25, -0.2) is 13.1 Å². The van der Waals surface area contributed by atoms with Crippen molar-refractivity contribution in [3.8, 4) is 0 Å². The molecule has 0 amide bonds. The topological polar surface area (TPSA) is 72.5 Å². The maximum atomic E-state index is 13.2. The maximum absolute atomic E-state index is 13.2. The summed E-state index contributed by atoms with van der Waals surface area (Å²) < 4.78 is 33.8. The fourth-order valence-corrected chi connectivity index (χ4v) is 4.97. The van der Waals surface area contributed by atoms with Gasteiger partial charge in [-0.1, -0.05) is 29.8 Å². The van der Waals surface area contributed by atoms with Crippen molar-refractivity contribution in [2.45, 2.75) is 45.1 Å². The standard InChI is InChI=1S/C20H24ClNO4S/c1-12-10-13(2)15(4)20(14(12)3)27(24,25)22-18(11-19(23)26-5)16-6-8-17(21)9-7-16/h6-10,18,22H,11H2,1-5H3. The summed E-state index contributed by atoms with van der Waals surface area (Å²) in [5.74, 6) is -0.508. The van der Waals surface area contributed by atoms with Crippen LogP contribution in [0.2, 0.25) is 5.02 Å². The number of sulfonamides is 1. The lowest BCUT2D eigenvalue weighted by Gasteiger charge is -2.21. The first-order valence-electron chi connectivity index (χ1n) is 8.48. The van der Waals surface area contributed by atoms with Crippen LogP contribution in [0.4, 0.5) is 0 Å². The van der Waals surface area contributed by atoms with Gasteiger partial charge in [0.2, 0.25) is 10.0 Å². The molecule has 0 saturated heterocycles. The summed E-state index contributed by atoms with van der Waals surface area (Å²) in [6.45, 7) is 7.33. The van der Waals surface area contributed by atoms with Crippen molar-refractivity contribution in [3.05, 3.63) is 63.2 Å². The Hall–Kier alpha value is -1.89. The molecule has 2 aromatic rings. The molecule has 0 aliphatic rings. The highest BCUT2D eigenvalue weighted by Crippen LogP contribution is 2.29. The van der Waals surface area contributed by atoms with Crippen molar-refractivity contribution >= 4 is 27.6 Å². The molecule has 0 aliphatic heterocycles. The van der Waals surface area contributed by atoms with Gasteiger partial charge in [0.25, 0.3) is 0 Å². The van der Waals surface area contributed by atoms with Crippen LogP contribution in [0, 0.1) is 27.7 Å². The number of hydrogen-bond acceptors (Lipinski definition) is 4. The Morgan fingerprint density at radius 3 is 2.07 bits per heavy atom. The number of carbonyl (C=O) groups excluding carboxylic acids is 1. The second-order valence-electron chi connectivity index (χ2n) is 6.60. The minimum Gasteiger partial charge on any atom is -0.469 e. The van der Waals surface area contributed by atoms with Gasteiger partial charge in [0, 0.05) is 5.02 Å². The van der Waals surface area contributed by atoms with Crippen molar-refractivity contribution in [1.29, 1.82) is 0 Å². The van der Waals surface area contributed by atoms with Crippen molar-refractivity contribution in [2.75, 3.05) is 7.11 Å². The fourth-order valence-electron chi connectivity index (χ4n) is 3.00. The summed E-state index contributed by atoms with van der Waals surface area (Å²) >= 11 is 5.92. The molecule has 0 bridgehead atoms. The van der Waals surface area contributed by atoms with Crippen LogP contribution in [0.15, 0.2) is 35.2 Å². The molecule has 0 aromatic heterocycles. The Balaban J connectivity index is 2.50. The Bertz CT molecular complexity index is 927. The van der Waals surface area contributed by atoms with E-state index in [2.05, 4.69) is 4.72 Å². The summed E-state index contributed by atoms with van der Waals surface area (Å²) in [6.07, 6.45) is -0.125. The number of esters is 1. The summed E-state index contributed by atoms with van der Waals surface area (Å²) in [4.78, 5) is 12.1. The van der Waals surface area contributed by atoms with E-state index in [4.69, 9.17) is 16.3 Å². The van der Waals surface area contributed by atoms with Crippen molar-refractivity contribution in [1.82, 2.24) is 4.72 Å². The molecule has 146 valence electrons. The number of benzene rings is 2. The fraction of sp³-hybridized carbons (Fsp3) is 0.350. The summed E-state index contributed by atoms with van der Waals surface area (Å²) in [7, 11) is -2.60. The van der Waals surface area contributed by atoms with E-state index in [0.717, 1.165) is 11.1 Å². The van der Waals surface area contributed by atoms with Crippen molar-refractivity contribution in [3.63, 3.8) is 0 Å². The van der Waals surface area contributed by atoms with Gasteiger partial charge in [0.1, 0.15) is 0 Å². The number of rotatable bonds is 6. The molecule has 0 fully saturated rings. The number of aryl methyl sites for hydroxylation is 2. The second kappa shape index (κ2) is 8.42. The zero-order chi connectivity index (χ0) is 20.4. The Morgan fingerprint density at radius 1 is 1.07 bits per heavy atom. The first-order valence-corrected chi connectivity index (χ1v) is 10.3. The SMILES string of the molecule is COC(=O)CC(NS(=O)(=O)c1c(C)c(C)cc(C)c1C)c1ccc(Cl)cc1. The van der Waals surface area contributed by atoms with E-state index in [0.29, 0.717) is 21.7 Å². The molecule has 0 spiro atoms. The van der Waals surface area contributed by atoms with E-state index in [-0.39, 0.29) is 11.3 Å². The molecular weight excluding hydrogens is 386 g/mol.